The predicted molar refractivity (Wildman–Crippen MR) is 56.1 cm³/mol. The Bertz CT molecular complexity index is 303. The van der Waals surface area contributed by atoms with E-state index in [-0.39, 0.29) is 6.61 Å². The second-order valence-electron chi connectivity index (χ2n) is 3.73. The van der Waals surface area contributed by atoms with Crippen molar-refractivity contribution in [3.8, 4) is 0 Å². The molecule has 1 rings (SSSR count). The van der Waals surface area contributed by atoms with Crippen LogP contribution >= 0.6 is 0 Å². The fraction of sp³-hybridized carbons (Fsp3) is 0.500. The van der Waals surface area contributed by atoms with Gasteiger partial charge in [0.25, 0.3) is 0 Å². The van der Waals surface area contributed by atoms with E-state index < -0.39 is 11.7 Å². The first-order valence-corrected chi connectivity index (χ1v) is 5.31. The highest BCUT2D eigenvalue weighted by molar-refractivity contribution is 5.24. The van der Waals surface area contributed by atoms with Gasteiger partial charge in [0.1, 0.15) is 0 Å². The fourth-order valence-corrected chi connectivity index (χ4v) is 1.48. The molecule has 0 aliphatic heterocycles. The molecule has 0 amide bonds. The molecule has 16 heavy (non-hydrogen) atoms. The van der Waals surface area contributed by atoms with Gasteiger partial charge in [0, 0.05) is 6.61 Å². The van der Waals surface area contributed by atoms with E-state index in [4.69, 9.17) is 5.11 Å². The van der Waals surface area contributed by atoms with Gasteiger partial charge in [-0.15, -0.1) is 0 Å². The van der Waals surface area contributed by atoms with Crippen LogP contribution in [-0.2, 0) is 12.6 Å². The van der Waals surface area contributed by atoms with Gasteiger partial charge in [0.05, 0.1) is 5.56 Å². The summed E-state index contributed by atoms with van der Waals surface area (Å²) in [6, 6.07) is 5.26. The third-order valence-electron chi connectivity index (χ3n) is 2.40. The highest BCUT2D eigenvalue weighted by Gasteiger charge is 2.29. The van der Waals surface area contributed by atoms with Gasteiger partial charge >= 0.3 is 6.18 Å². The molecule has 0 radical (unpaired) electrons. The van der Waals surface area contributed by atoms with E-state index in [1.165, 1.54) is 12.1 Å². The number of hydrogen-bond donors (Lipinski definition) is 1. The van der Waals surface area contributed by atoms with Crippen LogP contribution in [0.1, 0.15) is 30.4 Å². The Kier molecular flexibility index (Phi) is 4.80. The number of hydrogen-bond acceptors (Lipinski definition) is 1. The van der Waals surface area contributed by atoms with Crippen LogP contribution in [0.25, 0.3) is 0 Å². The average molecular weight is 232 g/mol. The van der Waals surface area contributed by atoms with Crippen molar-refractivity contribution < 1.29 is 18.3 Å². The van der Waals surface area contributed by atoms with E-state index in [1.54, 1.807) is 0 Å². The first-order valence-electron chi connectivity index (χ1n) is 5.31. The number of rotatable bonds is 5. The van der Waals surface area contributed by atoms with E-state index >= 15 is 0 Å². The highest BCUT2D eigenvalue weighted by Crippen LogP contribution is 2.29. The first kappa shape index (κ1) is 13.0. The third kappa shape index (κ3) is 4.23. The van der Waals surface area contributed by atoms with Gasteiger partial charge in [0.15, 0.2) is 0 Å². The summed E-state index contributed by atoms with van der Waals surface area (Å²) in [5, 5.41) is 8.56. The first-order chi connectivity index (χ1) is 7.54. The Balaban J connectivity index is 2.46. The summed E-state index contributed by atoms with van der Waals surface area (Å²) in [6.07, 6.45) is -0.947. The van der Waals surface area contributed by atoms with Gasteiger partial charge in [-0.25, -0.2) is 0 Å². The summed E-state index contributed by atoms with van der Waals surface area (Å²) in [5.41, 5.74) is 0.303. The van der Waals surface area contributed by atoms with Gasteiger partial charge in [0.2, 0.25) is 0 Å². The Morgan fingerprint density at radius 2 is 1.56 bits per heavy atom. The van der Waals surface area contributed by atoms with Crippen molar-refractivity contribution >= 4 is 0 Å². The lowest BCUT2D eigenvalue weighted by molar-refractivity contribution is -0.137. The molecule has 4 heteroatoms. The zero-order valence-electron chi connectivity index (χ0n) is 8.93. The summed E-state index contributed by atoms with van der Waals surface area (Å²) >= 11 is 0. The van der Waals surface area contributed by atoms with E-state index in [0.717, 1.165) is 43.4 Å². The zero-order valence-corrected chi connectivity index (χ0v) is 8.93. The van der Waals surface area contributed by atoms with Crippen molar-refractivity contribution in [2.45, 2.75) is 31.9 Å². The Hall–Kier alpha value is -1.03. The Labute approximate surface area is 92.9 Å². The molecule has 0 aliphatic carbocycles. The maximum Gasteiger partial charge on any atom is 0.416 e. The van der Waals surface area contributed by atoms with Crippen LogP contribution in [0.2, 0.25) is 0 Å². The molecule has 0 fully saturated rings. The number of halogens is 3. The molecular formula is C12H15F3O. The molecule has 0 saturated heterocycles. The minimum atomic E-state index is -4.25. The summed E-state index contributed by atoms with van der Waals surface area (Å²) in [5.74, 6) is 0. The molecule has 0 spiro atoms. The molecule has 1 aromatic carbocycles. The molecule has 0 unspecified atom stereocenters. The quantitative estimate of drug-likeness (QED) is 0.771. The molecule has 0 heterocycles. The Morgan fingerprint density at radius 3 is 2.06 bits per heavy atom. The number of aryl methyl sites for hydroxylation is 1. The Morgan fingerprint density at radius 1 is 0.938 bits per heavy atom. The lowest BCUT2D eigenvalue weighted by atomic mass is 10.1. The van der Waals surface area contributed by atoms with Gasteiger partial charge in [-0.2, -0.15) is 13.2 Å². The highest BCUT2D eigenvalue weighted by atomic mass is 19.4. The van der Waals surface area contributed by atoms with E-state index in [1.807, 2.05) is 0 Å². The van der Waals surface area contributed by atoms with Crippen molar-refractivity contribution in [1.82, 2.24) is 0 Å². The van der Waals surface area contributed by atoms with Crippen LogP contribution in [0.4, 0.5) is 13.2 Å². The molecule has 90 valence electrons. The number of benzene rings is 1. The van der Waals surface area contributed by atoms with Crippen LogP contribution in [0, 0.1) is 0 Å². The smallest absolute Gasteiger partial charge is 0.396 e. The van der Waals surface area contributed by atoms with Crippen LogP contribution in [-0.4, -0.2) is 11.7 Å². The van der Waals surface area contributed by atoms with E-state index in [9.17, 15) is 13.2 Å². The summed E-state index contributed by atoms with van der Waals surface area (Å²) in [6.45, 7) is 0.174. The number of alkyl halides is 3. The second kappa shape index (κ2) is 5.89. The number of aliphatic hydroxyl groups excluding tert-OH is 1. The maximum atomic E-state index is 12.2. The average Bonchev–Trinajstić information content (AvgIpc) is 2.24. The number of unbranched alkanes of at least 4 members (excludes halogenated alkanes) is 2. The molecule has 0 saturated carbocycles. The molecule has 0 bridgehead atoms. The van der Waals surface area contributed by atoms with Crippen molar-refractivity contribution in [2.24, 2.45) is 0 Å². The molecule has 1 nitrogen and oxygen atoms in total. The normalized spacial score (nSPS) is 11.8. The molecule has 0 aliphatic rings. The van der Waals surface area contributed by atoms with Crippen molar-refractivity contribution in [3.05, 3.63) is 35.4 Å². The molecular weight excluding hydrogens is 217 g/mol. The minimum absolute atomic E-state index is 0.174. The van der Waals surface area contributed by atoms with Crippen LogP contribution in [0.3, 0.4) is 0 Å². The summed E-state index contributed by atoms with van der Waals surface area (Å²) < 4.78 is 36.7. The largest absolute Gasteiger partial charge is 0.416 e. The van der Waals surface area contributed by atoms with Crippen molar-refractivity contribution in [3.63, 3.8) is 0 Å². The lowest BCUT2D eigenvalue weighted by Crippen LogP contribution is -2.04. The van der Waals surface area contributed by atoms with Crippen LogP contribution < -0.4 is 0 Å². The van der Waals surface area contributed by atoms with E-state index in [0.29, 0.717) is 0 Å². The van der Waals surface area contributed by atoms with Crippen molar-refractivity contribution in [2.75, 3.05) is 6.61 Å². The van der Waals surface area contributed by atoms with Gasteiger partial charge in [-0.1, -0.05) is 18.6 Å². The molecule has 1 N–H and O–H groups in total. The fourth-order valence-electron chi connectivity index (χ4n) is 1.48. The van der Waals surface area contributed by atoms with Crippen LogP contribution in [0.5, 0.6) is 0 Å². The van der Waals surface area contributed by atoms with Crippen LogP contribution in [0.15, 0.2) is 24.3 Å². The topological polar surface area (TPSA) is 20.2 Å². The third-order valence-corrected chi connectivity index (χ3v) is 2.40. The van der Waals surface area contributed by atoms with Gasteiger partial charge < -0.3 is 5.11 Å². The van der Waals surface area contributed by atoms with Gasteiger partial charge in [-0.05, 0) is 37.0 Å². The van der Waals surface area contributed by atoms with Crippen molar-refractivity contribution in [1.29, 1.82) is 0 Å². The summed E-state index contributed by atoms with van der Waals surface area (Å²) in [7, 11) is 0. The SMILES string of the molecule is OCCCCCc1ccc(C(F)(F)F)cc1. The standard InChI is InChI=1S/C12H15F3O/c13-12(14,15)11-7-5-10(6-8-11)4-2-1-3-9-16/h5-8,16H,1-4,9H2. The second-order valence-corrected chi connectivity index (χ2v) is 3.73. The maximum absolute atomic E-state index is 12.2. The predicted octanol–water partition coefficient (Wildman–Crippen LogP) is 3.41. The molecule has 1 aromatic rings. The lowest BCUT2D eigenvalue weighted by Gasteiger charge is -2.07. The summed E-state index contributed by atoms with van der Waals surface area (Å²) in [4.78, 5) is 0. The zero-order chi connectivity index (χ0) is 12.0. The van der Waals surface area contributed by atoms with Gasteiger partial charge in [-0.3, -0.25) is 0 Å². The number of aliphatic hydroxyl groups is 1. The molecule has 0 aromatic heterocycles. The van der Waals surface area contributed by atoms with E-state index in [2.05, 4.69) is 0 Å². The minimum Gasteiger partial charge on any atom is -0.396 e. The monoisotopic (exact) mass is 232 g/mol. The molecule has 0 atom stereocenters.